The van der Waals surface area contributed by atoms with Gasteiger partial charge in [-0.15, -0.1) is 0 Å². The number of hydrogen-bond acceptors (Lipinski definition) is 9. The van der Waals surface area contributed by atoms with Gasteiger partial charge in [-0.05, 0) is 32.3 Å². The number of hydrogen-bond donors (Lipinski definition) is 8. The molecule has 0 saturated carbocycles. The molecule has 0 aromatic heterocycles. The fraction of sp³-hybridized carbons (Fsp3) is 0.536. The molecule has 14 nitrogen and oxygen atoms in total. The van der Waals surface area contributed by atoms with Crippen LogP contribution in [0.25, 0.3) is 0 Å². The van der Waals surface area contributed by atoms with Gasteiger partial charge in [0.05, 0.1) is 0 Å². The summed E-state index contributed by atoms with van der Waals surface area (Å²) in [6, 6.07) is 2.85. The lowest BCUT2D eigenvalue weighted by Crippen LogP contribution is -2.59. The molecule has 0 spiro atoms. The Labute approximate surface area is 267 Å². The van der Waals surface area contributed by atoms with Crippen LogP contribution >= 0.6 is 25.3 Å². The van der Waals surface area contributed by atoms with Crippen molar-refractivity contribution in [1.82, 2.24) is 31.5 Å². The molecule has 1 aliphatic rings. The number of amides is 7. The Morgan fingerprint density at radius 3 is 1.93 bits per heavy atom. The molecule has 16 heteroatoms. The smallest absolute Gasteiger partial charge is 0.246 e. The number of nitrogens with two attached hydrogens (primary N) is 1. The molecular formula is C28H41N7O7S2. The van der Waals surface area contributed by atoms with Gasteiger partial charge < -0.3 is 37.2 Å². The Morgan fingerprint density at radius 1 is 0.818 bits per heavy atom. The Balaban J connectivity index is 2.13. The SMILES string of the molecule is CC(=O)N[C@@H](CS)C(=O)N1CCC[C@H]1C(=O)N[C@@H](Cc1ccccc1)C(=O)N[C@@H](C)C(=O)N[C@@H](C)C(=O)N[C@@H](CS)C(N)=O. The first-order chi connectivity index (χ1) is 20.8. The molecule has 0 aliphatic carbocycles. The van der Waals surface area contributed by atoms with Gasteiger partial charge in [-0.2, -0.15) is 25.3 Å². The summed E-state index contributed by atoms with van der Waals surface area (Å²) < 4.78 is 0. The van der Waals surface area contributed by atoms with E-state index in [1.165, 1.54) is 25.7 Å². The van der Waals surface area contributed by atoms with E-state index in [-0.39, 0.29) is 17.9 Å². The van der Waals surface area contributed by atoms with Gasteiger partial charge in [0.2, 0.25) is 41.4 Å². The van der Waals surface area contributed by atoms with Crippen molar-refractivity contribution in [1.29, 1.82) is 0 Å². The summed E-state index contributed by atoms with van der Waals surface area (Å²) in [5.74, 6) is -4.18. The van der Waals surface area contributed by atoms with Gasteiger partial charge in [0.15, 0.2) is 0 Å². The molecule has 1 fully saturated rings. The van der Waals surface area contributed by atoms with E-state index in [0.29, 0.717) is 19.4 Å². The van der Waals surface area contributed by atoms with Crippen LogP contribution in [0.15, 0.2) is 30.3 Å². The predicted molar refractivity (Wildman–Crippen MR) is 168 cm³/mol. The van der Waals surface area contributed by atoms with Crippen molar-refractivity contribution in [3.8, 4) is 0 Å². The van der Waals surface area contributed by atoms with Crippen molar-refractivity contribution < 1.29 is 33.6 Å². The second-order valence-corrected chi connectivity index (χ2v) is 11.2. The van der Waals surface area contributed by atoms with E-state index in [9.17, 15) is 33.6 Å². The quantitative estimate of drug-likeness (QED) is 0.100. The first-order valence-electron chi connectivity index (χ1n) is 14.1. The summed E-state index contributed by atoms with van der Waals surface area (Å²) in [6.07, 6.45) is 1.00. The van der Waals surface area contributed by atoms with Gasteiger partial charge in [0, 0.05) is 31.4 Å². The van der Waals surface area contributed by atoms with Crippen molar-refractivity contribution in [2.45, 2.75) is 76.3 Å². The fourth-order valence-corrected chi connectivity index (χ4v) is 5.07. The second-order valence-electron chi connectivity index (χ2n) is 10.5. The molecule has 1 aromatic rings. The first-order valence-corrected chi connectivity index (χ1v) is 15.4. The lowest BCUT2D eigenvalue weighted by molar-refractivity contribution is -0.141. The third-order valence-corrected chi connectivity index (χ3v) is 7.69. The number of benzene rings is 1. The predicted octanol–water partition coefficient (Wildman–Crippen LogP) is -1.95. The normalized spacial score (nSPS) is 17.7. The summed E-state index contributed by atoms with van der Waals surface area (Å²) in [6.45, 7) is 4.39. The van der Waals surface area contributed by atoms with Crippen LogP contribution in [0.1, 0.15) is 39.2 Å². The van der Waals surface area contributed by atoms with E-state index in [4.69, 9.17) is 5.73 Å². The average Bonchev–Trinajstić information content (AvgIpc) is 3.48. The molecule has 1 heterocycles. The maximum Gasteiger partial charge on any atom is 0.246 e. The van der Waals surface area contributed by atoms with E-state index < -0.39 is 77.6 Å². The van der Waals surface area contributed by atoms with Gasteiger partial charge in [-0.25, -0.2) is 0 Å². The highest BCUT2D eigenvalue weighted by Gasteiger charge is 2.38. The van der Waals surface area contributed by atoms with Crippen LogP contribution in [0, 0.1) is 0 Å². The molecule has 1 saturated heterocycles. The molecule has 0 bridgehead atoms. The number of carbonyl (C=O) groups is 7. The fourth-order valence-electron chi connectivity index (χ4n) is 4.55. The maximum atomic E-state index is 13.4. The number of rotatable bonds is 15. The minimum Gasteiger partial charge on any atom is -0.368 e. The lowest BCUT2D eigenvalue weighted by atomic mass is 10.0. The van der Waals surface area contributed by atoms with E-state index in [1.807, 2.05) is 0 Å². The third-order valence-electron chi connectivity index (χ3n) is 6.96. The van der Waals surface area contributed by atoms with Gasteiger partial charge >= 0.3 is 0 Å². The summed E-state index contributed by atoms with van der Waals surface area (Å²) in [5, 5.41) is 12.7. The number of nitrogens with one attached hydrogen (secondary N) is 5. The first kappa shape index (κ1) is 36.4. The van der Waals surface area contributed by atoms with Gasteiger partial charge in [0.25, 0.3) is 0 Å². The Bertz CT molecular complexity index is 1220. The van der Waals surface area contributed by atoms with Crippen LogP contribution < -0.4 is 32.3 Å². The minimum absolute atomic E-state index is 0.0272. The van der Waals surface area contributed by atoms with Gasteiger partial charge in [-0.3, -0.25) is 33.6 Å². The number of primary amides is 1. The molecule has 7 N–H and O–H groups in total. The van der Waals surface area contributed by atoms with Gasteiger partial charge in [-0.1, -0.05) is 30.3 Å². The standard InChI is InChI=1S/C28H41N7O7S2/c1-15(24(38)30-16(2)25(39)34-20(13-43)23(29)37)31-26(40)19(12-18-8-5-4-6-9-18)33-27(41)22-10-7-11-35(22)28(42)21(14-44)32-17(3)36/h4-6,8-9,15-16,19-22,43-44H,7,10-14H2,1-3H3,(H2,29,37)(H,30,38)(H,31,40)(H,32,36)(H,33,41)(H,34,39)/t15-,16-,19-,20-,21-,22-/m0/s1. The summed E-state index contributed by atoms with van der Waals surface area (Å²) in [4.78, 5) is 89.4. The van der Waals surface area contributed by atoms with Crippen LogP contribution in [-0.4, -0.2) is 101 Å². The average molecular weight is 652 g/mol. The number of carbonyl (C=O) groups excluding carboxylic acids is 7. The molecular weight excluding hydrogens is 610 g/mol. The third kappa shape index (κ3) is 10.7. The highest BCUT2D eigenvalue weighted by atomic mass is 32.1. The van der Waals surface area contributed by atoms with Crippen LogP contribution in [-0.2, 0) is 40.0 Å². The molecule has 242 valence electrons. The Kier molecular flexibility index (Phi) is 14.5. The van der Waals surface area contributed by atoms with Crippen LogP contribution in [0.2, 0.25) is 0 Å². The highest BCUT2D eigenvalue weighted by molar-refractivity contribution is 7.80. The van der Waals surface area contributed by atoms with Crippen molar-refractivity contribution in [3.63, 3.8) is 0 Å². The maximum absolute atomic E-state index is 13.4. The number of thiol groups is 2. The lowest BCUT2D eigenvalue weighted by Gasteiger charge is -2.29. The number of nitrogens with zero attached hydrogens (tertiary/aromatic N) is 1. The van der Waals surface area contributed by atoms with Gasteiger partial charge in [0.1, 0.15) is 36.3 Å². The topological polar surface area (TPSA) is 209 Å². The van der Waals surface area contributed by atoms with E-state index in [1.54, 1.807) is 30.3 Å². The molecule has 0 radical (unpaired) electrons. The number of likely N-dealkylation sites (tertiary alicyclic amines) is 1. The van der Waals surface area contributed by atoms with Crippen LogP contribution in [0.3, 0.4) is 0 Å². The molecule has 7 amide bonds. The summed E-state index contributed by atoms with van der Waals surface area (Å²) >= 11 is 8.12. The summed E-state index contributed by atoms with van der Waals surface area (Å²) in [7, 11) is 0. The van der Waals surface area contributed by atoms with E-state index >= 15 is 0 Å². The zero-order valence-corrected chi connectivity index (χ0v) is 26.7. The monoisotopic (exact) mass is 651 g/mol. The van der Waals surface area contributed by atoms with E-state index in [2.05, 4.69) is 51.8 Å². The van der Waals surface area contributed by atoms with Crippen molar-refractivity contribution in [3.05, 3.63) is 35.9 Å². The van der Waals surface area contributed by atoms with Crippen LogP contribution in [0.5, 0.6) is 0 Å². The van der Waals surface area contributed by atoms with Crippen molar-refractivity contribution in [2.75, 3.05) is 18.1 Å². The van der Waals surface area contributed by atoms with Crippen molar-refractivity contribution in [2.24, 2.45) is 5.73 Å². The molecule has 0 unspecified atom stereocenters. The minimum atomic E-state index is -1.11. The van der Waals surface area contributed by atoms with E-state index in [0.717, 1.165) is 5.56 Å². The Hall–Kier alpha value is -3.79. The highest BCUT2D eigenvalue weighted by Crippen LogP contribution is 2.19. The van der Waals surface area contributed by atoms with Crippen molar-refractivity contribution >= 4 is 66.6 Å². The molecule has 1 aliphatic heterocycles. The largest absolute Gasteiger partial charge is 0.368 e. The Morgan fingerprint density at radius 2 is 1.39 bits per heavy atom. The molecule has 1 aromatic carbocycles. The molecule has 2 rings (SSSR count). The zero-order valence-electron chi connectivity index (χ0n) is 24.9. The second kappa shape index (κ2) is 17.5. The zero-order chi connectivity index (χ0) is 33.0. The molecule has 6 atom stereocenters. The summed E-state index contributed by atoms with van der Waals surface area (Å²) in [5.41, 5.74) is 5.95. The van der Waals surface area contributed by atoms with Crippen LogP contribution in [0.4, 0.5) is 0 Å². The molecule has 44 heavy (non-hydrogen) atoms.